The highest BCUT2D eigenvalue weighted by atomic mass is 16.5. The number of carboxylic acids is 1. The molecule has 4 rings (SSSR count). The number of rotatable bonds is 11. The van der Waals surface area contributed by atoms with Gasteiger partial charge in [0.2, 0.25) is 0 Å². The molecule has 1 aromatic heterocycles. The molecule has 1 aliphatic rings. The van der Waals surface area contributed by atoms with E-state index >= 15 is 0 Å². The zero-order chi connectivity index (χ0) is 24.6. The fourth-order valence-corrected chi connectivity index (χ4v) is 5.44. The van der Waals surface area contributed by atoms with Crippen LogP contribution in [-0.4, -0.2) is 52.8 Å². The van der Waals surface area contributed by atoms with Crippen LogP contribution in [0.5, 0.6) is 5.75 Å². The van der Waals surface area contributed by atoms with Crippen LogP contribution in [0.2, 0.25) is 0 Å². The number of carbonyl (C=O) groups is 1. The number of methoxy groups -OCH3 is 1. The lowest BCUT2D eigenvalue weighted by Gasteiger charge is -2.38. The van der Waals surface area contributed by atoms with Gasteiger partial charge in [-0.05, 0) is 92.4 Å². The summed E-state index contributed by atoms with van der Waals surface area (Å²) in [5.41, 5.74) is 3.02. The number of aliphatic carboxylic acids is 1. The number of aliphatic hydroxyl groups excluding tert-OH is 1. The fourth-order valence-electron chi connectivity index (χ4n) is 5.44. The van der Waals surface area contributed by atoms with Gasteiger partial charge in [-0.3, -0.25) is 9.78 Å². The summed E-state index contributed by atoms with van der Waals surface area (Å²) in [6.45, 7) is 2.80. The minimum Gasteiger partial charge on any atom is -0.497 e. The molecule has 1 saturated heterocycles. The summed E-state index contributed by atoms with van der Waals surface area (Å²) in [7, 11) is 1.63. The number of hydrogen-bond donors (Lipinski definition) is 2. The maximum atomic E-state index is 11.6. The summed E-state index contributed by atoms with van der Waals surface area (Å²) in [6.07, 6.45) is 5.80. The number of hydrogen-bond acceptors (Lipinski definition) is 5. The predicted octanol–water partition coefficient (Wildman–Crippen LogP) is 5.10. The molecule has 6 heteroatoms. The van der Waals surface area contributed by atoms with Gasteiger partial charge < -0.3 is 19.8 Å². The van der Waals surface area contributed by atoms with E-state index in [-0.39, 0.29) is 12.3 Å². The molecule has 0 radical (unpaired) electrons. The molecule has 1 fully saturated rings. The van der Waals surface area contributed by atoms with E-state index in [0.717, 1.165) is 67.5 Å². The highest BCUT2D eigenvalue weighted by Crippen LogP contribution is 2.34. The Bertz CT molecular complexity index is 1100. The molecule has 1 aliphatic heterocycles. The Morgan fingerprint density at radius 1 is 1.17 bits per heavy atom. The lowest BCUT2D eigenvalue weighted by molar-refractivity contribution is -0.139. The molecule has 6 nitrogen and oxygen atoms in total. The third-order valence-electron chi connectivity index (χ3n) is 7.35. The van der Waals surface area contributed by atoms with Crippen molar-refractivity contribution in [3.63, 3.8) is 0 Å². The van der Waals surface area contributed by atoms with Gasteiger partial charge in [-0.15, -0.1) is 0 Å². The van der Waals surface area contributed by atoms with Crippen molar-refractivity contribution in [2.75, 3.05) is 26.7 Å². The topological polar surface area (TPSA) is 82.9 Å². The van der Waals surface area contributed by atoms with Crippen molar-refractivity contribution >= 4 is 16.9 Å². The number of aliphatic hydroxyl groups is 1. The standard InChI is InChI=1S/C29H36N2O4/c1-35-24-10-11-27-26(19-24)25(13-15-30-27)28(32)12-9-22-14-17-31(20-23(22)18-29(33)34)16-5-8-21-6-3-2-4-7-21/h2-4,6-7,10-11,13,15,19,22-23,28,32H,5,8-9,12,14,16-18,20H2,1H3,(H,33,34)/t22-,23+,28?/m1/s1. The zero-order valence-electron chi connectivity index (χ0n) is 20.5. The van der Waals surface area contributed by atoms with Crippen LogP contribution in [0.15, 0.2) is 60.8 Å². The van der Waals surface area contributed by atoms with Crippen molar-refractivity contribution < 1.29 is 19.7 Å². The Hall–Kier alpha value is -2.96. The molecule has 0 saturated carbocycles. The maximum absolute atomic E-state index is 11.6. The minimum atomic E-state index is -0.737. The molecule has 1 unspecified atom stereocenters. The van der Waals surface area contributed by atoms with Gasteiger partial charge in [0.15, 0.2) is 0 Å². The molecule has 0 spiro atoms. The Balaban J connectivity index is 1.35. The highest BCUT2D eigenvalue weighted by molar-refractivity contribution is 5.83. The van der Waals surface area contributed by atoms with Gasteiger partial charge in [0.25, 0.3) is 0 Å². The van der Waals surface area contributed by atoms with Crippen LogP contribution in [0.4, 0.5) is 0 Å². The number of aryl methyl sites for hydroxylation is 1. The number of piperidine rings is 1. The largest absolute Gasteiger partial charge is 0.497 e. The first kappa shape index (κ1) is 25.1. The number of ether oxygens (including phenoxy) is 1. The van der Waals surface area contributed by atoms with Crippen molar-refractivity contribution in [2.45, 2.75) is 44.6 Å². The van der Waals surface area contributed by atoms with Crippen LogP contribution in [0.1, 0.15) is 49.3 Å². The lowest BCUT2D eigenvalue weighted by atomic mass is 9.79. The normalized spacial score (nSPS) is 19.5. The van der Waals surface area contributed by atoms with Crippen LogP contribution in [-0.2, 0) is 11.2 Å². The molecule has 186 valence electrons. The quantitative estimate of drug-likeness (QED) is 0.401. The van der Waals surface area contributed by atoms with Gasteiger partial charge in [-0.1, -0.05) is 30.3 Å². The summed E-state index contributed by atoms with van der Waals surface area (Å²) in [4.78, 5) is 18.4. The monoisotopic (exact) mass is 476 g/mol. The first-order valence-corrected chi connectivity index (χ1v) is 12.6. The van der Waals surface area contributed by atoms with Gasteiger partial charge in [0, 0.05) is 24.5 Å². The van der Waals surface area contributed by atoms with Gasteiger partial charge in [-0.25, -0.2) is 0 Å². The fraction of sp³-hybridized carbons (Fsp3) is 0.448. The Labute approximate surface area is 207 Å². The van der Waals surface area contributed by atoms with Crippen molar-refractivity contribution in [1.29, 1.82) is 0 Å². The smallest absolute Gasteiger partial charge is 0.303 e. The van der Waals surface area contributed by atoms with Crippen LogP contribution < -0.4 is 4.74 Å². The minimum absolute atomic E-state index is 0.111. The summed E-state index contributed by atoms with van der Waals surface area (Å²) < 4.78 is 5.36. The molecule has 3 atom stereocenters. The Morgan fingerprint density at radius 2 is 2.00 bits per heavy atom. The first-order chi connectivity index (χ1) is 17.0. The molecule has 2 N–H and O–H groups in total. The third-order valence-corrected chi connectivity index (χ3v) is 7.35. The van der Waals surface area contributed by atoms with Crippen molar-refractivity contribution in [1.82, 2.24) is 9.88 Å². The molecule has 2 heterocycles. The zero-order valence-corrected chi connectivity index (χ0v) is 20.5. The molecule has 0 aliphatic carbocycles. The predicted molar refractivity (Wildman–Crippen MR) is 138 cm³/mol. The van der Waals surface area contributed by atoms with Crippen LogP contribution >= 0.6 is 0 Å². The summed E-state index contributed by atoms with van der Waals surface area (Å²) in [5, 5.41) is 21.5. The summed E-state index contributed by atoms with van der Waals surface area (Å²) in [5.74, 6) is 0.409. The van der Waals surface area contributed by atoms with E-state index in [2.05, 4.69) is 34.1 Å². The SMILES string of the molecule is COc1ccc2nccc(C(O)CC[C@@H]3CCN(CCCc4ccccc4)C[C@@H]3CC(=O)O)c2c1. The molecule has 0 amide bonds. The summed E-state index contributed by atoms with van der Waals surface area (Å²) >= 11 is 0. The van der Waals surface area contributed by atoms with Crippen molar-refractivity contribution in [3.05, 3.63) is 71.9 Å². The highest BCUT2D eigenvalue weighted by Gasteiger charge is 2.31. The van der Waals surface area contributed by atoms with Gasteiger partial charge in [0.1, 0.15) is 5.75 Å². The average molecular weight is 477 g/mol. The second kappa shape index (κ2) is 12.1. The number of likely N-dealkylation sites (tertiary alicyclic amines) is 1. The van der Waals surface area contributed by atoms with E-state index < -0.39 is 12.1 Å². The molecular weight excluding hydrogens is 440 g/mol. The van der Waals surface area contributed by atoms with Crippen molar-refractivity contribution in [3.8, 4) is 5.75 Å². The molecule has 35 heavy (non-hydrogen) atoms. The van der Waals surface area contributed by atoms with Crippen molar-refractivity contribution in [2.24, 2.45) is 11.8 Å². The molecule has 3 aromatic rings. The maximum Gasteiger partial charge on any atom is 0.303 e. The number of aromatic nitrogens is 1. The second-order valence-electron chi connectivity index (χ2n) is 9.67. The van der Waals surface area contributed by atoms with Gasteiger partial charge >= 0.3 is 5.97 Å². The van der Waals surface area contributed by atoms with E-state index in [1.807, 2.05) is 30.3 Å². The number of nitrogens with zero attached hydrogens (tertiary/aromatic N) is 2. The van der Waals surface area contributed by atoms with Crippen LogP contribution in [0, 0.1) is 11.8 Å². The van der Waals surface area contributed by atoms with Crippen LogP contribution in [0.3, 0.4) is 0 Å². The third kappa shape index (κ3) is 6.80. The average Bonchev–Trinajstić information content (AvgIpc) is 2.87. The van der Waals surface area contributed by atoms with E-state index in [1.54, 1.807) is 13.3 Å². The van der Waals surface area contributed by atoms with E-state index in [4.69, 9.17) is 4.74 Å². The lowest BCUT2D eigenvalue weighted by Crippen LogP contribution is -2.42. The first-order valence-electron chi connectivity index (χ1n) is 12.6. The number of fused-ring (bicyclic) bond motifs is 1. The number of benzene rings is 2. The molecular formula is C29H36N2O4. The summed E-state index contributed by atoms with van der Waals surface area (Å²) in [6, 6.07) is 18.1. The van der Waals surface area contributed by atoms with E-state index in [1.165, 1.54) is 5.56 Å². The molecule has 0 bridgehead atoms. The van der Waals surface area contributed by atoms with Gasteiger partial charge in [-0.2, -0.15) is 0 Å². The number of pyridine rings is 1. The second-order valence-corrected chi connectivity index (χ2v) is 9.67. The van der Waals surface area contributed by atoms with Crippen LogP contribution in [0.25, 0.3) is 10.9 Å². The van der Waals surface area contributed by atoms with Gasteiger partial charge in [0.05, 0.1) is 18.7 Å². The Morgan fingerprint density at radius 3 is 2.77 bits per heavy atom. The van der Waals surface area contributed by atoms with E-state index in [9.17, 15) is 15.0 Å². The molecule has 2 aromatic carbocycles. The Kier molecular flexibility index (Phi) is 8.72. The van der Waals surface area contributed by atoms with E-state index in [0.29, 0.717) is 12.3 Å². The number of carboxylic acid groups (broad SMARTS) is 1.